The van der Waals surface area contributed by atoms with Gasteiger partial charge in [-0.05, 0) is 49.3 Å². The van der Waals surface area contributed by atoms with Crippen molar-refractivity contribution < 1.29 is 27.8 Å². The van der Waals surface area contributed by atoms with Crippen LogP contribution in [0.4, 0.5) is 0 Å². The van der Waals surface area contributed by atoms with Crippen LogP contribution in [0.2, 0.25) is 18.1 Å². The van der Waals surface area contributed by atoms with E-state index < -0.39 is 33.5 Å². The van der Waals surface area contributed by atoms with Crippen molar-refractivity contribution in [1.82, 2.24) is 4.90 Å². The lowest BCUT2D eigenvalue weighted by Gasteiger charge is -2.49. The summed E-state index contributed by atoms with van der Waals surface area (Å²) >= 11 is 0. The van der Waals surface area contributed by atoms with Crippen LogP contribution < -0.4 is 10.6 Å². The third-order valence-corrected chi connectivity index (χ3v) is 15.6. The predicted octanol–water partition coefficient (Wildman–Crippen LogP) is 5.76. The Kier molecular flexibility index (Phi) is 9.23. The number of benzene rings is 2. The van der Waals surface area contributed by atoms with E-state index in [-0.39, 0.29) is 36.1 Å². The Morgan fingerprint density at radius 1 is 1.02 bits per heavy atom. The van der Waals surface area contributed by atoms with Crippen molar-refractivity contribution in [1.29, 1.82) is 0 Å². The maximum atomic E-state index is 14.8. The van der Waals surface area contributed by atoms with E-state index in [1.54, 1.807) is 48.5 Å². The molecule has 214 valence electrons. The van der Waals surface area contributed by atoms with Gasteiger partial charge in [-0.15, -0.1) is 0 Å². The lowest BCUT2D eigenvalue weighted by atomic mass is 9.79. The number of nitrogens with zero attached hydrogens (tertiary/aromatic N) is 1. The molecule has 4 atom stereocenters. The van der Waals surface area contributed by atoms with Crippen LogP contribution in [0.15, 0.2) is 84.8 Å². The van der Waals surface area contributed by atoms with Crippen molar-refractivity contribution in [2.75, 3.05) is 6.61 Å². The van der Waals surface area contributed by atoms with Crippen molar-refractivity contribution in [2.45, 2.75) is 64.9 Å². The number of β-lactam (4-membered cyclic amide) rings is 1. The molecular weight excluding hydrogens is 541 g/mol. The number of esters is 1. The topological polar surface area (TPSA) is 82.1 Å². The van der Waals surface area contributed by atoms with E-state index in [4.69, 9.17) is 13.7 Å². The molecular formula is C31H40NO6PSi. The van der Waals surface area contributed by atoms with Gasteiger partial charge in [0.25, 0.3) is 0 Å². The summed E-state index contributed by atoms with van der Waals surface area (Å²) < 4.78 is 33.4. The fourth-order valence-electron chi connectivity index (χ4n) is 5.93. The van der Waals surface area contributed by atoms with Crippen LogP contribution in [0.5, 0.6) is 0 Å². The Morgan fingerprint density at radius 2 is 1.55 bits per heavy atom. The molecule has 0 N–H and O–H groups in total. The average Bonchev–Trinajstić information content (AvgIpc) is 3.22. The second-order valence-corrected chi connectivity index (χ2v) is 17.5. The first kappa shape index (κ1) is 30.0. The maximum absolute atomic E-state index is 14.8. The highest BCUT2D eigenvalue weighted by Gasteiger charge is 2.62. The lowest BCUT2D eigenvalue weighted by Crippen LogP contribution is -2.65. The van der Waals surface area contributed by atoms with Crippen LogP contribution in [-0.2, 0) is 27.8 Å². The van der Waals surface area contributed by atoms with Gasteiger partial charge >= 0.3 is 13.3 Å². The summed E-state index contributed by atoms with van der Waals surface area (Å²) in [7, 11) is -5.68. The van der Waals surface area contributed by atoms with Crippen molar-refractivity contribution >= 4 is 38.2 Å². The minimum Gasteiger partial charge on any atom is -0.457 e. The molecule has 40 heavy (non-hydrogen) atoms. The average molecular weight is 582 g/mol. The summed E-state index contributed by atoms with van der Waals surface area (Å²) in [5.74, 6) is -1.53. The van der Waals surface area contributed by atoms with E-state index in [9.17, 15) is 14.2 Å². The van der Waals surface area contributed by atoms with Crippen molar-refractivity contribution in [3.8, 4) is 0 Å². The van der Waals surface area contributed by atoms with E-state index in [0.717, 1.165) is 18.1 Å². The quantitative estimate of drug-likeness (QED) is 0.0984. The van der Waals surface area contributed by atoms with E-state index in [0.29, 0.717) is 10.6 Å². The van der Waals surface area contributed by atoms with Gasteiger partial charge in [-0.2, -0.15) is 0 Å². The summed E-state index contributed by atoms with van der Waals surface area (Å²) in [5.41, 5.74) is 0.0184. The highest BCUT2D eigenvalue weighted by Crippen LogP contribution is 2.55. The molecule has 7 nitrogen and oxygen atoms in total. The molecule has 0 radical (unpaired) electrons. The highest BCUT2D eigenvalue weighted by molar-refractivity contribution is 7.74. The lowest BCUT2D eigenvalue weighted by molar-refractivity contribution is -0.163. The molecule has 9 heteroatoms. The van der Waals surface area contributed by atoms with Crippen LogP contribution in [0, 0.1) is 11.8 Å². The third-order valence-electron chi connectivity index (χ3n) is 8.41. The molecule has 0 aromatic heterocycles. The third kappa shape index (κ3) is 5.25. The van der Waals surface area contributed by atoms with Gasteiger partial charge in [0.1, 0.15) is 12.4 Å². The Morgan fingerprint density at radius 3 is 2.02 bits per heavy atom. The number of fused-ring (bicyclic) bond motifs is 1. The molecule has 0 spiro atoms. The number of rotatable bonds is 13. The second-order valence-electron chi connectivity index (χ2n) is 10.5. The minimum absolute atomic E-state index is 0.0184. The molecule has 0 saturated carbocycles. The van der Waals surface area contributed by atoms with Crippen molar-refractivity contribution in [3.63, 3.8) is 0 Å². The van der Waals surface area contributed by atoms with Gasteiger partial charge in [0, 0.05) is 5.92 Å². The zero-order valence-corrected chi connectivity index (χ0v) is 25.9. The first-order chi connectivity index (χ1) is 19.2. The van der Waals surface area contributed by atoms with Crippen molar-refractivity contribution in [3.05, 3.63) is 84.8 Å². The van der Waals surface area contributed by atoms with Gasteiger partial charge in [-0.3, -0.25) is 14.3 Å². The molecule has 2 aromatic carbocycles. The van der Waals surface area contributed by atoms with E-state index in [1.165, 1.54) is 11.0 Å². The summed E-state index contributed by atoms with van der Waals surface area (Å²) in [6, 6.07) is 20.5. The SMILES string of the molecule is C=CCOC(=O)C1=C(OP(=O)(c2ccccc2)c2ccccc2)[C@H](C)[C@@H]2[C@@H](C(C)O[Si](CC)(CC)CC)C(=O)N12. The van der Waals surface area contributed by atoms with Gasteiger partial charge < -0.3 is 13.7 Å². The zero-order chi connectivity index (χ0) is 29.1. The molecule has 2 aliphatic heterocycles. The summed E-state index contributed by atoms with van der Waals surface area (Å²) in [4.78, 5) is 28.6. The van der Waals surface area contributed by atoms with Gasteiger partial charge in [0.05, 0.1) is 28.7 Å². The smallest absolute Gasteiger partial charge is 0.358 e. The van der Waals surface area contributed by atoms with Crippen LogP contribution in [0.1, 0.15) is 34.6 Å². The molecule has 4 rings (SSSR count). The molecule has 1 saturated heterocycles. The Hall–Kier alpha value is -2.93. The number of hydrogen-bond donors (Lipinski definition) is 0. The van der Waals surface area contributed by atoms with Gasteiger partial charge in [-0.1, -0.05) is 76.7 Å². The number of hydrogen-bond acceptors (Lipinski definition) is 6. The standard InChI is InChI=1S/C31H40NO6PSi/c1-7-21-36-31(34)28-29(37-39(35,24-17-13-11-14-18-24)25-19-15-12-16-20-25)22(5)27-26(30(33)32(27)28)23(6)38-40(8-2,9-3)10-4/h7,11-20,22-23,26-27H,1,8-10,21H2,2-6H3/t22-,23?,26-,27-/m1/s1. The normalized spacial score (nSPS) is 21.5. The second kappa shape index (κ2) is 12.3. The van der Waals surface area contributed by atoms with Crippen LogP contribution in [0.25, 0.3) is 0 Å². The fraction of sp³-hybridized carbons (Fsp3) is 0.419. The maximum Gasteiger partial charge on any atom is 0.358 e. The van der Waals surface area contributed by atoms with Crippen LogP contribution in [-0.4, -0.2) is 43.8 Å². The molecule has 1 unspecified atom stereocenters. The molecule has 2 aliphatic rings. The largest absolute Gasteiger partial charge is 0.457 e. The van der Waals surface area contributed by atoms with E-state index >= 15 is 0 Å². The number of carbonyl (C=O) groups is 2. The number of ether oxygens (including phenoxy) is 1. The van der Waals surface area contributed by atoms with E-state index in [1.807, 2.05) is 26.0 Å². The minimum atomic E-state index is -3.70. The predicted molar refractivity (Wildman–Crippen MR) is 160 cm³/mol. The molecule has 0 bridgehead atoms. The molecule has 2 heterocycles. The molecule has 0 aliphatic carbocycles. The molecule has 1 amide bonds. The van der Waals surface area contributed by atoms with Crippen LogP contribution >= 0.6 is 7.37 Å². The Labute approximate surface area is 238 Å². The fourth-order valence-corrected chi connectivity index (χ4v) is 11.0. The van der Waals surface area contributed by atoms with Gasteiger partial charge in [0.2, 0.25) is 5.91 Å². The van der Waals surface area contributed by atoms with Gasteiger partial charge in [-0.25, -0.2) is 4.79 Å². The number of carbonyl (C=O) groups excluding carboxylic acids is 2. The van der Waals surface area contributed by atoms with Gasteiger partial charge in [0.15, 0.2) is 14.0 Å². The summed E-state index contributed by atoms with van der Waals surface area (Å²) in [6.07, 6.45) is 1.15. The van der Waals surface area contributed by atoms with Crippen LogP contribution in [0.3, 0.4) is 0 Å². The summed E-state index contributed by atoms with van der Waals surface area (Å²) in [6.45, 7) is 14.0. The molecule has 2 aromatic rings. The molecule has 1 fully saturated rings. The monoisotopic (exact) mass is 581 g/mol. The van der Waals surface area contributed by atoms with Crippen molar-refractivity contribution in [2.24, 2.45) is 11.8 Å². The Bertz CT molecular complexity index is 1260. The Balaban J connectivity index is 1.76. The first-order valence-corrected chi connectivity index (χ1v) is 18.3. The summed E-state index contributed by atoms with van der Waals surface area (Å²) in [5, 5.41) is 0.997. The number of amides is 1. The van der Waals surface area contributed by atoms with E-state index in [2.05, 4.69) is 27.4 Å². The highest BCUT2D eigenvalue weighted by atomic mass is 31.2. The zero-order valence-electron chi connectivity index (χ0n) is 24.0. The first-order valence-electron chi connectivity index (χ1n) is 14.1.